The van der Waals surface area contributed by atoms with E-state index in [1.807, 2.05) is 0 Å². The van der Waals surface area contributed by atoms with Crippen molar-refractivity contribution in [2.24, 2.45) is 0 Å². The third-order valence-corrected chi connectivity index (χ3v) is 6.21. The van der Waals surface area contributed by atoms with E-state index < -0.39 is 0 Å². The minimum absolute atomic E-state index is 0.772. The molecule has 0 fully saturated rings. The van der Waals surface area contributed by atoms with Crippen LogP contribution in [0.25, 0.3) is 0 Å². The maximum atomic E-state index is 5.51. The predicted octanol–water partition coefficient (Wildman–Crippen LogP) is 2.96. The Morgan fingerprint density at radius 2 is 1.00 bits per heavy atom. The first-order valence-corrected chi connectivity index (χ1v) is 6.60. The third-order valence-electron chi connectivity index (χ3n) is 2.80. The smallest absolute Gasteiger partial charge is 0.0735 e. The largest absolute Gasteiger partial charge is 0.372 e. The van der Waals surface area contributed by atoms with Gasteiger partial charge < -0.3 is 9.47 Å². The van der Waals surface area contributed by atoms with Crippen molar-refractivity contribution in [3.05, 3.63) is 29.4 Å². The summed E-state index contributed by atoms with van der Waals surface area (Å²) in [5, 5.41) is 0. The summed E-state index contributed by atoms with van der Waals surface area (Å²) in [4.78, 5) is 0. The molecule has 0 aromatic heterocycles. The summed E-state index contributed by atoms with van der Waals surface area (Å²) in [7, 11) is 0. The quantitative estimate of drug-likeness (QED) is 0.609. The van der Waals surface area contributed by atoms with Gasteiger partial charge in [0, 0.05) is 7.14 Å². The molecule has 0 saturated carbocycles. The minimum atomic E-state index is 0.772. The van der Waals surface area contributed by atoms with Gasteiger partial charge in [0.05, 0.1) is 26.4 Å². The molecule has 2 heterocycles. The van der Waals surface area contributed by atoms with Crippen LogP contribution in [0.3, 0.4) is 0 Å². The van der Waals surface area contributed by atoms with Crippen molar-refractivity contribution in [1.82, 2.24) is 0 Å². The van der Waals surface area contributed by atoms with E-state index in [0.717, 1.165) is 26.4 Å². The molecular formula is C10H8I2O2. The molecule has 3 rings (SSSR count). The van der Waals surface area contributed by atoms with Crippen LogP contribution in [-0.4, -0.2) is 0 Å². The van der Waals surface area contributed by atoms with Crippen molar-refractivity contribution < 1.29 is 9.47 Å². The number of benzene rings is 1. The van der Waals surface area contributed by atoms with Gasteiger partial charge in [0.2, 0.25) is 0 Å². The molecule has 1 aromatic carbocycles. The second-order valence-corrected chi connectivity index (χ2v) is 5.69. The van der Waals surface area contributed by atoms with Crippen molar-refractivity contribution in [2.45, 2.75) is 26.4 Å². The number of hydrogen-bond acceptors (Lipinski definition) is 2. The normalized spacial score (nSPS) is 18.4. The van der Waals surface area contributed by atoms with Gasteiger partial charge in [0.1, 0.15) is 0 Å². The standard InChI is InChI=1S/C10H8I2O2/c11-9-7-3-13-1-5(7)6-2-14-4-8(6)10(9)12/h1-4H2. The average Bonchev–Trinajstić information content (AvgIpc) is 2.80. The van der Waals surface area contributed by atoms with E-state index in [9.17, 15) is 0 Å². The molecule has 2 aliphatic heterocycles. The van der Waals surface area contributed by atoms with E-state index in [0.29, 0.717) is 0 Å². The van der Waals surface area contributed by atoms with E-state index in [1.165, 1.54) is 29.4 Å². The first-order valence-electron chi connectivity index (χ1n) is 4.45. The van der Waals surface area contributed by atoms with Crippen LogP contribution in [0.2, 0.25) is 0 Å². The number of hydrogen-bond donors (Lipinski definition) is 0. The van der Waals surface area contributed by atoms with Gasteiger partial charge in [-0.3, -0.25) is 0 Å². The highest BCUT2D eigenvalue weighted by Crippen LogP contribution is 2.38. The Morgan fingerprint density at radius 1 is 0.643 bits per heavy atom. The SMILES string of the molecule is Ic1c(I)c2c(c3c1COC3)COC2. The first kappa shape index (κ1) is 9.80. The van der Waals surface area contributed by atoms with Gasteiger partial charge >= 0.3 is 0 Å². The van der Waals surface area contributed by atoms with Gasteiger partial charge in [-0.25, -0.2) is 0 Å². The summed E-state index contributed by atoms with van der Waals surface area (Å²) in [5.74, 6) is 0. The number of ether oxygens (including phenoxy) is 2. The number of halogens is 2. The van der Waals surface area contributed by atoms with Crippen molar-refractivity contribution in [2.75, 3.05) is 0 Å². The van der Waals surface area contributed by atoms with Crippen LogP contribution in [0.5, 0.6) is 0 Å². The molecule has 0 N–H and O–H groups in total. The molecule has 0 unspecified atom stereocenters. The summed E-state index contributed by atoms with van der Waals surface area (Å²) in [6, 6.07) is 0. The molecule has 0 amide bonds. The molecule has 74 valence electrons. The van der Waals surface area contributed by atoms with Crippen LogP contribution in [0.1, 0.15) is 22.3 Å². The molecule has 0 radical (unpaired) electrons. The summed E-state index contributed by atoms with van der Waals surface area (Å²) in [6.07, 6.45) is 0. The summed E-state index contributed by atoms with van der Waals surface area (Å²) < 4.78 is 13.7. The molecule has 0 spiro atoms. The van der Waals surface area contributed by atoms with Gasteiger partial charge in [-0.15, -0.1) is 0 Å². The third kappa shape index (κ3) is 1.27. The predicted molar refractivity (Wildman–Crippen MR) is 68.9 cm³/mol. The molecule has 1 aromatic rings. The van der Waals surface area contributed by atoms with E-state index >= 15 is 0 Å². The van der Waals surface area contributed by atoms with Crippen molar-refractivity contribution in [3.63, 3.8) is 0 Å². The zero-order valence-electron chi connectivity index (χ0n) is 7.40. The summed E-state index contributed by atoms with van der Waals surface area (Å²) in [5.41, 5.74) is 5.56. The Kier molecular flexibility index (Phi) is 2.50. The first-order chi connectivity index (χ1) is 6.79. The van der Waals surface area contributed by atoms with Gasteiger partial charge in [0.15, 0.2) is 0 Å². The maximum absolute atomic E-state index is 5.51. The average molecular weight is 414 g/mol. The van der Waals surface area contributed by atoms with Crippen molar-refractivity contribution >= 4 is 45.2 Å². The van der Waals surface area contributed by atoms with Crippen LogP contribution in [-0.2, 0) is 35.9 Å². The lowest BCUT2D eigenvalue weighted by Crippen LogP contribution is -2.00. The lowest BCUT2D eigenvalue weighted by atomic mass is 10.00. The Hall–Kier alpha value is 0.600. The second kappa shape index (κ2) is 3.57. The summed E-state index contributed by atoms with van der Waals surface area (Å²) in [6.45, 7) is 3.09. The van der Waals surface area contributed by atoms with Crippen LogP contribution in [0, 0.1) is 7.14 Å². The molecule has 4 heteroatoms. The molecule has 0 aliphatic carbocycles. The highest BCUT2D eigenvalue weighted by atomic mass is 127. The molecule has 2 nitrogen and oxygen atoms in total. The van der Waals surface area contributed by atoms with Crippen molar-refractivity contribution in [1.29, 1.82) is 0 Å². The van der Waals surface area contributed by atoms with Crippen LogP contribution in [0.4, 0.5) is 0 Å². The van der Waals surface area contributed by atoms with Gasteiger partial charge in [-0.05, 0) is 67.4 Å². The van der Waals surface area contributed by atoms with Crippen LogP contribution < -0.4 is 0 Å². The van der Waals surface area contributed by atoms with Crippen molar-refractivity contribution in [3.8, 4) is 0 Å². The Labute approximate surface area is 110 Å². The Bertz CT molecular complexity index is 376. The minimum Gasteiger partial charge on any atom is -0.372 e. The van der Waals surface area contributed by atoms with Gasteiger partial charge in [-0.1, -0.05) is 0 Å². The Balaban J connectivity index is 2.34. The second-order valence-electron chi connectivity index (χ2n) is 3.53. The maximum Gasteiger partial charge on any atom is 0.0735 e. The van der Waals surface area contributed by atoms with Crippen LogP contribution >= 0.6 is 45.2 Å². The molecule has 14 heavy (non-hydrogen) atoms. The van der Waals surface area contributed by atoms with E-state index in [-0.39, 0.29) is 0 Å². The monoisotopic (exact) mass is 414 g/mol. The number of rotatable bonds is 0. The number of fused-ring (bicyclic) bond motifs is 3. The van der Waals surface area contributed by atoms with E-state index in [1.54, 1.807) is 0 Å². The fourth-order valence-electron chi connectivity index (χ4n) is 2.05. The molecule has 0 bridgehead atoms. The highest BCUT2D eigenvalue weighted by molar-refractivity contribution is 14.1. The lowest BCUT2D eigenvalue weighted by Gasteiger charge is -2.09. The molecule has 0 atom stereocenters. The molecular weight excluding hydrogens is 406 g/mol. The highest BCUT2D eigenvalue weighted by Gasteiger charge is 2.27. The fourth-order valence-corrected chi connectivity index (χ4v) is 3.67. The van der Waals surface area contributed by atoms with Gasteiger partial charge in [0.25, 0.3) is 0 Å². The van der Waals surface area contributed by atoms with Gasteiger partial charge in [-0.2, -0.15) is 0 Å². The van der Waals surface area contributed by atoms with E-state index in [2.05, 4.69) is 45.2 Å². The van der Waals surface area contributed by atoms with Crippen LogP contribution in [0.15, 0.2) is 0 Å². The lowest BCUT2D eigenvalue weighted by molar-refractivity contribution is 0.126. The zero-order chi connectivity index (χ0) is 9.71. The fraction of sp³-hybridized carbons (Fsp3) is 0.400. The zero-order valence-corrected chi connectivity index (χ0v) is 11.7. The topological polar surface area (TPSA) is 18.5 Å². The van der Waals surface area contributed by atoms with E-state index in [4.69, 9.17) is 9.47 Å². The molecule has 0 saturated heterocycles. The summed E-state index contributed by atoms with van der Waals surface area (Å²) >= 11 is 4.84. The Morgan fingerprint density at radius 3 is 1.43 bits per heavy atom. The molecule has 2 aliphatic rings.